The van der Waals surface area contributed by atoms with E-state index in [1.165, 1.54) is 0 Å². The Labute approximate surface area is 137 Å². The molecule has 3 rings (SSSR count). The maximum Gasteiger partial charge on any atom is 0.317 e. The lowest BCUT2D eigenvalue weighted by Gasteiger charge is -2.21. The zero-order valence-corrected chi connectivity index (χ0v) is 13.8. The summed E-state index contributed by atoms with van der Waals surface area (Å²) < 4.78 is 5.47. The molecule has 23 heavy (non-hydrogen) atoms. The number of pyridine rings is 1. The van der Waals surface area contributed by atoms with Gasteiger partial charge in [0.2, 0.25) is 0 Å². The lowest BCUT2D eigenvalue weighted by molar-refractivity contribution is 0.113. The molecule has 2 amide bonds. The predicted molar refractivity (Wildman–Crippen MR) is 89.6 cm³/mol. The Morgan fingerprint density at radius 3 is 3.04 bits per heavy atom. The number of likely N-dealkylation sites (tertiary alicyclic amines) is 1. The van der Waals surface area contributed by atoms with E-state index in [4.69, 9.17) is 4.74 Å². The molecule has 2 atom stereocenters. The van der Waals surface area contributed by atoms with Crippen LogP contribution in [-0.2, 0) is 4.74 Å². The minimum Gasteiger partial charge on any atom is -0.381 e. The summed E-state index contributed by atoms with van der Waals surface area (Å²) in [6.07, 6.45) is 3.82. The van der Waals surface area contributed by atoms with Crippen LogP contribution in [0.15, 0.2) is 24.4 Å². The van der Waals surface area contributed by atoms with E-state index >= 15 is 0 Å². The van der Waals surface area contributed by atoms with Crippen LogP contribution in [0.3, 0.4) is 0 Å². The number of anilines is 1. The summed E-state index contributed by atoms with van der Waals surface area (Å²) in [5.74, 6) is 1.47. The lowest BCUT2D eigenvalue weighted by atomic mass is 10.1. The van der Waals surface area contributed by atoms with Crippen LogP contribution in [0.5, 0.6) is 0 Å². The molecule has 0 aliphatic carbocycles. The standard InChI is InChI=1S/C17H26N4O2/c1-2-23-13-14-6-9-21(11-14)17(22)19-15-7-10-20(12-15)16-5-3-4-8-18-16/h3-5,8,14-15H,2,6-7,9-13H2,1H3,(H,19,22). The fourth-order valence-corrected chi connectivity index (χ4v) is 3.33. The second kappa shape index (κ2) is 7.64. The van der Waals surface area contributed by atoms with Crippen LogP contribution in [-0.4, -0.2) is 61.3 Å². The molecule has 0 saturated carbocycles. The van der Waals surface area contributed by atoms with Gasteiger partial charge in [-0.3, -0.25) is 0 Å². The third-order valence-electron chi connectivity index (χ3n) is 4.62. The van der Waals surface area contributed by atoms with Crippen molar-refractivity contribution in [3.05, 3.63) is 24.4 Å². The number of aromatic nitrogens is 1. The normalized spacial score (nSPS) is 24.2. The third-order valence-corrected chi connectivity index (χ3v) is 4.62. The minimum absolute atomic E-state index is 0.0665. The van der Waals surface area contributed by atoms with Gasteiger partial charge in [-0.2, -0.15) is 0 Å². The molecule has 0 radical (unpaired) electrons. The molecule has 2 unspecified atom stereocenters. The van der Waals surface area contributed by atoms with Crippen molar-refractivity contribution in [1.29, 1.82) is 0 Å². The van der Waals surface area contributed by atoms with Gasteiger partial charge in [-0.05, 0) is 31.9 Å². The molecular formula is C17H26N4O2. The lowest BCUT2D eigenvalue weighted by Crippen LogP contribution is -2.45. The van der Waals surface area contributed by atoms with Gasteiger partial charge in [0.1, 0.15) is 5.82 Å². The second-order valence-corrected chi connectivity index (χ2v) is 6.33. The van der Waals surface area contributed by atoms with E-state index in [0.717, 1.165) is 58.1 Å². The van der Waals surface area contributed by atoms with E-state index in [0.29, 0.717) is 5.92 Å². The largest absolute Gasteiger partial charge is 0.381 e. The first kappa shape index (κ1) is 16.1. The van der Waals surface area contributed by atoms with Crippen LogP contribution in [0.4, 0.5) is 10.6 Å². The van der Waals surface area contributed by atoms with Crippen molar-refractivity contribution in [3.63, 3.8) is 0 Å². The monoisotopic (exact) mass is 318 g/mol. The van der Waals surface area contributed by atoms with Crippen LogP contribution >= 0.6 is 0 Å². The number of hydrogen-bond acceptors (Lipinski definition) is 4. The molecule has 126 valence electrons. The van der Waals surface area contributed by atoms with Gasteiger partial charge in [-0.1, -0.05) is 6.07 Å². The van der Waals surface area contributed by atoms with Crippen molar-refractivity contribution >= 4 is 11.8 Å². The summed E-state index contributed by atoms with van der Waals surface area (Å²) in [6, 6.07) is 6.21. The summed E-state index contributed by atoms with van der Waals surface area (Å²) in [5, 5.41) is 3.17. The average Bonchev–Trinajstić information content (AvgIpc) is 3.23. The van der Waals surface area contributed by atoms with Gasteiger partial charge in [0, 0.05) is 50.9 Å². The predicted octanol–water partition coefficient (Wildman–Crippen LogP) is 1.73. The van der Waals surface area contributed by atoms with Crippen LogP contribution in [0, 0.1) is 5.92 Å². The molecule has 2 aliphatic heterocycles. The zero-order valence-electron chi connectivity index (χ0n) is 13.8. The number of carbonyl (C=O) groups is 1. The van der Waals surface area contributed by atoms with Crippen molar-refractivity contribution in [2.75, 3.05) is 44.3 Å². The Morgan fingerprint density at radius 1 is 1.35 bits per heavy atom. The first-order valence-electron chi connectivity index (χ1n) is 8.55. The fraction of sp³-hybridized carbons (Fsp3) is 0.647. The molecule has 3 heterocycles. The van der Waals surface area contributed by atoms with Gasteiger partial charge < -0.3 is 19.9 Å². The molecule has 0 spiro atoms. The van der Waals surface area contributed by atoms with Gasteiger partial charge in [0.05, 0.1) is 6.61 Å². The summed E-state index contributed by atoms with van der Waals surface area (Å²) in [7, 11) is 0. The summed E-state index contributed by atoms with van der Waals surface area (Å²) in [6.45, 7) is 6.93. The van der Waals surface area contributed by atoms with E-state index in [2.05, 4.69) is 15.2 Å². The average molecular weight is 318 g/mol. The van der Waals surface area contributed by atoms with E-state index < -0.39 is 0 Å². The number of hydrogen-bond donors (Lipinski definition) is 1. The molecule has 1 aromatic rings. The molecule has 2 saturated heterocycles. The van der Waals surface area contributed by atoms with Crippen LogP contribution < -0.4 is 10.2 Å². The maximum atomic E-state index is 12.4. The highest BCUT2D eigenvalue weighted by molar-refractivity contribution is 5.75. The summed E-state index contributed by atoms with van der Waals surface area (Å²) in [4.78, 5) is 20.9. The molecule has 6 heteroatoms. The van der Waals surface area contributed by atoms with E-state index in [9.17, 15) is 4.79 Å². The molecule has 2 fully saturated rings. The molecule has 0 bridgehead atoms. The van der Waals surface area contributed by atoms with Crippen molar-refractivity contribution in [2.24, 2.45) is 5.92 Å². The number of carbonyl (C=O) groups excluding carboxylic acids is 1. The first-order valence-corrected chi connectivity index (χ1v) is 8.55. The topological polar surface area (TPSA) is 57.7 Å². The number of nitrogens with zero attached hydrogens (tertiary/aromatic N) is 3. The maximum absolute atomic E-state index is 12.4. The van der Waals surface area contributed by atoms with Crippen LogP contribution in [0.1, 0.15) is 19.8 Å². The molecule has 1 N–H and O–H groups in total. The van der Waals surface area contributed by atoms with Crippen LogP contribution in [0.2, 0.25) is 0 Å². The fourth-order valence-electron chi connectivity index (χ4n) is 3.33. The van der Waals surface area contributed by atoms with Gasteiger partial charge in [0.15, 0.2) is 0 Å². The SMILES string of the molecule is CCOCC1CCN(C(=O)NC2CCN(c3ccccn3)C2)C1. The van der Waals surface area contributed by atoms with E-state index in [-0.39, 0.29) is 12.1 Å². The number of urea groups is 1. The summed E-state index contributed by atoms with van der Waals surface area (Å²) >= 11 is 0. The highest BCUT2D eigenvalue weighted by atomic mass is 16.5. The van der Waals surface area contributed by atoms with Crippen molar-refractivity contribution < 1.29 is 9.53 Å². The number of rotatable bonds is 5. The Balaban J connectivity index is 1.44. The quantitative estimate of drug-likeness (QED) is 0.898. The molecule has 0 aromatic carbocycles. The van der Waals surface area contributed by atoms with E-state index in [1.54, 1.807) is 0 Å². The highest BCUT2D eigenvalue weighted by Gasteiger charge is 2.30. The minimum atomic E-state index is 0.0665. The Hall–Kier alpha value is -1.82. The van der Waals surface area contributed by atoms with Crippen molar-refractivity contribution in [1.82, 2.24) is 15.2 Å². The number of ether oxygens (including phenoxy) is 1. The van der Waals surface area contributed by atoms with Gasteiger partial charge in [0.25, 0.3) is 0 Å². The molecular weight excluding hydrogens is 292 g/mol. The Morgan fingerprint density at radius 2 is 2.26 bits per heavy atom. The van der Waals surface area contributed by atoms with Crippen LogP contribution in [0.25, 0.3) is 0 Å². The molecule has 1 aromatic heterocycles. The van der Waals surface area contributed by atoms with Gasteiger partial charge >= 0.3 is 6.03 Å². The second-order valence-electron chi connectivity index (χ2n) is 6.33. The molecule has 6 nitrogen and oxygen atoms in total. The number of amides is 2. The Kier molecular flexibility index (Phi) is 5.33. The van der Waals surface area contributed by atoms with Gasteiger partial charge in [-0.25, -0.2) is 9.78 Å². The summed E-state index contributed by atoms with van der Waals surface area (Å²) in [5.41, 5.74) is 0. The van der Waals surface area contributed by atoms with Gasteiger partial charge in [-0.15, -0.1) is 0 Å². The first-order chi connectivity index (χ1) is 11.3. The third kappa shape index (κ3) is 4.13. The smallest absolute Gasteiger partial charge is 0.317 e. The van der Waals surface area contributed by atoms with Crippen molar-refractivity contribution in [3.8, 4) is 0 Å². The zero-order chi connectivity index (χ0) is 16.1. The highest BCUT2D eigenvalue weighted by Crippen LogP contribution is 2.19. The van der Waals surface area contributed by atoms with E-state index in [1.807, 2.05) is 36.2 Å². The Bertz CT molecular complexity index is 511. The number of nitrogens with one attached hydrogen (secondary N) is 1. The van der Waals surface area contributed by atoms with Crippen molar-refractivity contribution in [2.45, 2.75) is 25.8 Å². The molecule has 2 aliphatic rings.